The van der Waals surface area contributed by atoms with E-state index < -0.39 is 28.2 Å². The van der Waals surface area contributed by atoms with E-state index >= 15 is 0 Å². The van der Waals surface area contributed by atoms with Crippen molar-refractivity contribution in [1.82, 2.24) is 10.7 Å². The van der Waals surface area contributed by atoms with Crippen LogP contribution in [0, 0.1) is 10.1 Å². The second-order valence-electron chi connectivity index (χ2n) is 7.93. The summed E-state index contributed by atoms with van der Waals surface area (Å²) in [5, 5.41) is 27.7. The molecule has 3 aromatic rings. The van der Waals surface area contributed by atoms with Gasteiger partial charge in [-0.15, -0.1) is 0 Å². The molecule has 0 unspecified atom stereocenters. The first kappa shape index (κ1) is 27.9. The van der Waals surface area contributed by atoms with Crippen molar-refractivity contribution in [2.45, 2.75) is 13.8 Å². The van der Waals surface area contributed by atoms with Crippen LogP contribution in [0.2, 0.25) is 5.02 Å². The number of nitro benzene ring substituents is 1. The Morgan fingerprint density at radius 3 is 2.37 bits per heavy atom. The molecule has 0 atom stereocenters. The number of carbonyl (C=O) groups excluding carboxylic acids is 2. The number of nitrogens with one attached hydrogen (secondary N) is 2. The van der Waals surface area contributed by atoms with E-state index in [1.54, 1.807) is 18.2 Å². The Morgan fingerprint density at radius 2 is 1.74 bits per heavy atom. The van der Waals surface area contributed by atoms with Crippen LogP contribution in [0.1, 0.15) is 35.3 Å². The number of nitro groups is 1. The third-order valence-corrected chi connectivity index (χ3v) is 5.89. The highest BCUT2D eigenvalue weighted by Gasteiger charge is 2.18. The van der Waals surface area contributed by atoms with Crippen LogP contribution in [-0.4, -0.2) is 41.1 Å². The zero-order valence-electron chi connectivity index (χ0n) is 20.7. The maximum absolute atomic E-state index is 13.0. The molecular formula is C27H26ClN5O5. The molecule has 0 aliphatic heterocycles. The van der Waals surface area contributed by atoms with E-state index in [0.717, 1.165) is 31.1 Å². The predicted molar refractivity (Wildman–Crippen MR) is 147 cm³/mol. The summed E-state index contributed by atoms with van der Waals surface area (Å²) in [6.07, 6.45) is 2.54. The highest BCUT2D eigenvalue weighted by atomic mass is 35.5. The Balaban J connectivity index is 1.88. The molecule has 0 aliphatic carbocycles. The molecule has 196 valence electrons. The number of phenolic OH excluding ortho intramolecular Hbond substituents is 1. The van der Waals surface area contributed by atoms with Crippen molar-refractivity contribution in [2.75, 3.05) is 18.0 Å². The molecule has 0 saturated carbocycles. The summed E-state index contributed by atoms with van der Waals surface area (Å²) >= 11 is 6.14. The molecule has 0 aliphatic rings. The molecule has 0 heterocycles. The third kappa shape index (κ3) is 6.95. The molecule has 38 heavy (non-hydrogen) atoms. The van der Waals surface area contributed by atoms with E-state index in [0.29, 0.717) is 5.56 Å². The first-order valence-corrected chi connectivity index (χ1v) is 12.0. The lowest BCUT2D eigenvalue weighted by Crippen LogP contribution is -2.33. The fourth-order valence-corrected chi connectivity index (χ4v) is 3.77. The van der Waals surface area contributed by atoms with Crippen molar-refractivity contribution in [2.24, 2.45) is 5.10 Å². The smallest absolute Gasteiger partial charge is 0.311 e. The van der Waals surface area contributed by atoms with Gasteiger partial charge in [0.2, 0.25) is 5.75 Å². The van der Waals surface area contributed by atoms with Crippen molar-refractivity contribution < 1.29 is 19.6 Å². The SMILES string of the molecule is CCN(CC)c1ccc(/C=C(\NC(=O)c2ccccc2Cl)C(=O)N/N=C\c2cccc([N+](=O)[O-])c2O)cc1. The number of amides is 2. The van der Waals surface area contributed by atoms with Crippen molar-refractivity contribution in [1.29, 1.82) is 0 Å². The summed E-state index contributed by atoms with van der Waals surface area (Å²) in [5.41, 5.74) is 3.51. The maximum atomic E-state index is 13.0. The summed E-state index contributed by atoms with van der Waals surface area (Å²) < 4.78 is 0. The lowest BCUT2D eigenvalue weighted by molar-refractivity contribution is -0.385. The van der Waals surface area contributed by atoms with Gasteiger partial charge in [-0.25, -0.2) is 5.43 Å². The summed E-state index contributed by atoms with van der Waals surface area (Å²) in [5.74, 6) is -1.96. The summed E-state index contributed by atoms with van der Waals surface area (Å²) in [6, 6.07) is 17.8. The van der Waals surface area contributed by atoms with Gasteiger partial charge < -0.3 is 15.3 Å². The zero-order chi connectivity index (χ0) is 27.7. The average molecular weight is 536 g/mol. The Bertz CT molecular complexity index is 1380. The number of hydrazone groups is 1. The number of anilines is 1. The van der Waals surface area contributed by atoms with Gasteiger partial charge in [0, 0.05) is 30.4 Å². The molecule has 0 saturated heterocycles. The second kappa shape index (κ2) is 13.0. The van der Waals surface area contributed by atoms with Crippen molar-refractivity contribution in [3.63, 3.8) is 0 Å². The normalized spacial score (nSPS) is 11.3. The van der Waals surface area contributed by atoms with E-state index in [1.807, 2.05) is 24.3 Å². The van der Waals surface area contributed by atoms with Gasteiger partial charge in [-0.3, -0.25) is 19.7 Å². The number of halogens is 1. The molecule has 3 rings (SSSR count). The van der Waals surface area contributed by atoms with Crippen LogP contribution >= 0.6 is 11.6 Å². The standard InChI is InChI=1S/C27H26ClN5O5/c1-3-32(4-2)20-14-12-18(13-15-20)16-23(30-26(35)21-9-5-6-10-22(21)28)27(36)31-29-17-19-8-7-11-24(25(19)34)33(37)38/h5-17,34H,3-4H2,1-2H3,(H,30,35)(H,31,36)/b23-16-,29-17-. The fraction of sp³-hybridized carbons (Fsp3) is 0.148. The quantitative estimate of drug-likeness (QED) is 0.149. The molecule has 0 spiro atoms. The van der Waals surface area contributed by atoms with Crippen molar-refractivity contribution in [3.05, 3.63) is 104 Å². The number of nitrogens with zero attached hydrogens (tertiary/aromatic N) is 3. The number of para-hydroxylation sites is 1. The highest BCUT2D eigenvalue weighted by Crippen LogP contribution is 2.28. The molecule has 3 N–H and O–H groups in total. The number of rotatable bonds is 10. The molecule has 0 fully saturated rings. The number of hydrogen-bond donors (Lipinski definition) is 3. The fourth-order valence-electron chi connectivity index (χ4n) is 3.55. The van der Waals surface area contributed by atoms with E-state index in [4.69, 9.17) is 11.6 Å². The third-order valence-electron chi connectivity index (χ3n) is 5.56. The van der Waals surface area contributed by atoms with Gasteiger partial charge in [0.15, 0.2) is 0 Å². The first-order chi connectivity index (χ1) is 18.2. The minimum absolute atomic E-state index is 0.0251. The number of phenols is 1. The van der Waals surface area contributed by atoms with Gasteiger partial charge in [-0.2, -0.15) is 5.10 Å². The minimum atomic E-state index is -0.764. The predicted octanol–water partition coefficient (Wildman–Crippen LogP) is 4.72. The van der Waals surface area contributed by atoms with E-state index in [-0.39, 0.29) is 21.8 Å². The molecule has 3 aromatic carbocycles. The molecular weight excluding hydrogens is 510 g/mol. The molecule has 10 nitrogen and oxygen atoms in total. The second-order valence-corrected chi connectivity index (χ2v) is 8.33. The van der Waals surface area contributed by atoms with Crippen LogP contribution in [-0.2, 0) is 4.79 Å². The molecule has 11 heteroatoms. The molecule has 2 amide bonds. The average Bonchev–Trinajstić information content (AvgIpc) is 2.90. The van der Waals surface area contributed by atoms with E-state index in [2.05, 4.69) is 34.6 Å². The van der Waals surface area contributed by atoms with Gasteiger partial charge in [-0.1, -0.05) is 41.9 Å². The van der Waals surface area contributed by atoms with Crippen LogP contribution in [0.3, 0.4) is 0 Å². The monoisotopic (exact) mass is 535 g/mol. The summed E-state index contributed by atoms with van der Waals surface area (Å²) in [7, 11) is 0. The number of hydrogen-bond acceptors (Lipinski definition) is 7. The number of aromatic hydroxyl groups is 1. The van der Waals surface area contributed by atoms with Gasteiger partial charge in [-0.05, 0) is 55.8 Å². The van der Waals surface area contributed by atoms with Crippen LogP contribution < -0.4 is 15.6 Å². The van der Waals surface area contributed by atoms with Crippen LogP contribution in [0.25, 0.3) is 6.08 Å². The topological polar surface area (TPSA) is 137 Å². The van der Waals surface area contributed by atoms with Crippen LogP contribution in [0.4, 0.5) is 11.4 Å². The van der Waals surface area contributed by atoms with Crippen molar-refractivity contribution >= 4 is 47.1 Å². The first-order valence-electron chi connectivity index (χ1n) is 11.7. The minimum Gasteiger partial charge on any atom is -0.502 e. The number of carbonyl (C=O) groups is 2. The lowest BCUT2D eigenvalue weighted by Gasteiger charge is -2.21. The Hall–Kier alpha value is -4.70. The number of benzene rings is 3. The van der Waals surface area contributed by atoms with Crippen molar-refractivity contribution in [3.8, 4) is 5.75 Å². The van der Waals surface area contributed by atoms with Crippen LogP contribution in [0.5, 0.6) is 5.75 Å². The highest BCUT2D eigenvalue weighted by molar-refractivity contribution is 6.34. The zero-order valence-corrected chi connectivity index (χ0v) is 21.5. The van der Waals surface area contributed by atoms with Gasteiger partial charge in [0.25, 0.3) is 11.8 Å². The summed E-state index contributed by atoms with van der Waals surface area (Å²) in [4.78, 5) is 38.3. The summed E-state index contributed by atoms with van der Waals surface area (Å²) in [6.45, 7) is 5.78. The Kier molecular flexibility index (Phi) is 9.55. The van der Waals surface area contributed by atoms with Gasteiger partial charge >= 0.3 is 5.69 Å². The molecule has 0 radical (unpaired) electrons. The van der Waals surface area contributed by atoms with E-state index in [1.165, 1.54) is 24.3 Å². The Morgan fingerprint density at radius 1 is 1.05 bits per heavy atom. The van der Waals surface area contributed by atoms with E-state index in [9.17, 15) is 24.8 Å². The van der Waals surface area contributed by atoms with Gasteiger partial charge in [0.05, 0.1) is 21.7 Å². The molecule has 0 aromatic heterocycles. The lowest BCUT2D eigenvalue weighted by atomic mass is 10.1. The van der Waals surface area contributed by atoms with Gasteiger partial charge in [0.1, 0.15) is 5.70 Å². The van der Waals surface area contributed by atoms with Crippen LogP contribution in [0.15, 0.2) is 77.5 Å². The largest absolute Gasteiger partial charge is 0.502 e. The Labute approximate surface area is 224 Å². The molecule has 0 bridgehead atoms. The maximum Gasteiger partial charge on any atom is 0.311 e.